The molecule has 11 heteroatoms. The van der Waals surface area contributed by atoms with E-state index < -0.39 is 29.6 Å². The fourth-order valence-electron chi connectivity index (χ4n) is 3.47. The molecule has 0 atom stereocenters. The minimum absolute atomic E-state index is 0.0687. The number of ether oxygens (including phenoxy) is 2. The molecule has 1 fully saturated rings. The summed E-state index contributed by atoms with van der Waals surface area (Å²) in [7, 11) is 1.21. The first kappa shape index (κ1) is 27.3. The highest BCUT2D eigenvalue weighted by atomic mass is 35.5. The van der Waals surface area contributed by atoms with Crippen molar-refractivity contribution >= 4 is 69.8 Å². The third-order valence-corrected chi connectivity index (χ3v) is 6.94. The average Bonchev–Trinajstić information content (AvgIpc) is 3.16. The van der Waals surface area contributed by atoms with Crippen molar-refractivity contribution in [2.45, 2.75) is 6.61 Å². The summed E-state index contributed by atoms with van der Waals surface area (Å²) >= 11 is 12.9. The Kier molecular flexibility index (Phi) is 8.73. The summed E-state index contributed by atoms with van der Waals surface area (Å²) in [6.07, 6.45) is 1.56. The number of benzene rings is 3. The molecule has 1 aliphatic heterocycles. The van der Waals surface area contributed by atoms with E-state index in [2.05, 4.69) is 10.1 Å². The molecule has 4 rings (SSSR count). The van der Waals surface area contributed by atoms with Crippen LogP contribution in [-0.4, -0.2) is 41.6 Å². The van der Waals surface area contributed by atoms with Gasteiger partial charge in [0, 0.05) is 16.3 Å². The van der Waals surface area contributed by atoms with Gasteiger partial charge in [-0.1, -0.05) is 53.5 Å². The van der Waals surface area contributed by atoms with Crippen molar-refractivity contribution < 1.29 is 28.7 Å². The van der Waals surface area contributed by atoms with Gasteiger partial charge in [0.15, 0.2) is 0 Å². The van der Waals surface area contributed by atoms with Crippen LogP contribution < -0.4 is 10.1 Å². The van der Waals surface area contributed by atoms with Crippen molar-refractivity contribution in [2.75, 3.05) is 19.0 Å². The molecular formula is C27H20Cl2N2O6S. The van der Waals surface area contributed by atoms with E-state index in [9.17, 15) is 19.2 Å². The lowest BCUT2D eigenvalue weighted by atomic mass is 10.2. The molecule has 3 aromatic rings. The molecule has 3 aromatic carbocycles. The molecular weight excluding hydrogens is 551 g/mol. The molecule has 0 radical (unpaired) electrons. The van der Waals surface area contributed by atoms with Crippen molar-refractivity contribution in [1.82, 2.24) is 4.90 Å². The van der Waals surface area contributed by atoms with Gasteiger partial charge in [0.1, 0.15) is 18.9 Å². The summed E-state index contributed by atoms with van der Waals surface area (Å²) in [6, 6.07) is 18.6. The standard InChI is InChI=1S/C27H20Cl2N2O6S/c1-36-26(34)20-13-18(9-10-22(20)29)30-24(32)14-31-25(33)23(38-27(31)35)12-16-5-4-7-19(11-16)37-15-17-6-2-3-8-21(17)28/h2-13H,14-15H2,1H3,(H,30,32)/b23-12+. The number of thioether (sulfide) groups is 1. The zero-order chi connectivity index (χ0) is 27.2. The molecule has 1 heterocycles. The summed E-state index contributed by atoms with van der Waals surface area (Å²) in [6.45, 7) is -0.233. The third-order valence-electron chi connectivity index (χ3n) is 5.34. The molecule has 1 N–H and O–H groups in total. The molecule has 0 saturated carbocycles. The second-order valence-corrected chi connectivity index (χ2v) is 9.76. The average molecular weight is 571 g/mol. The number of methoxy groups -OCH3 is 1. The number of halogens is 2. The van der Waals surface area contributed by atoms with Crippen LogP contribution in [0, 0.1) is 0 Å². The van der Waals surface area contributed by atoms with Crippen LogP contribution in [0.4, 0.5) is 10.5 Å². The number of hydrogen-bond donors (Lipinski definition) is 1. The Hall–Kier alpha value is -3.79. The quantitative estimate of drug-likeness (QED) is 0.260. The van der Waals surface area contributed by atoms with E-state index in [-0.39, 0.29) is 27.8 Å². The Balaban J connectivity index is 1.41. The number of rotatable bonds is 8. The third kappa shape index (κ3) is 6.55. The van der Waals surface area contributed by atoms with Crippen LogP contribution in [0.15, 0.2) is 71.6 Å². The molecule has 0 aliphatic carbocycles. The molecule has 0 bridgehead atoms. The first-order valence-corrected chi connectivity index (χ1v) is 12.7. The first-order valence-electron chi connectivity index (χ1n) is 11.1. The van der Waals surface area contributed by atoms with Crippen LogP contribution in [0.3, 0.4) is 0 Å². The van der Waals surface area contributed by atoms with Gasteiger partial charge in [0.05, 0.1) is 22.6 Å². The van der Waals surface area contributed by atoms with E-state index in [1.165, 1.54) is 25.3 Å². The van der Waals surface area contributed by atoms with Gasteiger partial charge >= 0.3 is 5.97 Å². The number of carbonyl (C=O) groups is 4. The normalized spacial score (nSPS) is 14.1. The number of hydrogen-bond acceptors (Lipinski definition) is 7. The topological polar surface area (TPSA) is 102 Å². The second-order valence-electron chi connectivity index (χ2n) is 7.95. The minimum Gasteiger partial charge on any atom is -0.489 e. The summed E-state index contributed by atoms with van der Waals surface area (Å²) in [5.41, 5.74) is 1.81. The molecule has 8 nitrogen and oxygen atoms in total. The fraction of sp³-hybridized carbons (Fsp3) is 0.111. The first-order chi connectivity index (χ1) is 18.2. The van der Waals surface area contributed by atoms with Crippen LogP contribution in [0.25, 0.3) is 6.08 Å². The lowest BCUT2D eigenvalue weighted by Crippen LogP contribution is -2.36. The molecule has 0 aromatic heterocycles. The largest absolute Gasteiger partial charge is 0.489 e. The maximum atomic E-state index is 12.9. The monoisotopic (exact) mass is 570 g/mol. The van der Waals surface area contributed by atoms with E-state index in [1.54, 1.807) is 36.4 Å². The number of nitrogens with zero attached hydrogens (tertiary/aromatic N) is 1. The Morgan fingerprint density at radius 3 is 2.55 bits per heavy atom. The fourth-order valence-corrected chi connectivity index (χ4v) is 4.70. The predicted octanol–water partition coefficient (Wildman–Crippen LogP) is 6.03. The van der Waals surface area contributed by atoms with E-state index >= 15 is 0 Å². The number of amides is 3. The van der Waals surface area contributed by atoms with E-state index in [0.717, 1.165) is 22.2 Å². The molecule has 3 amide bonds. The molecule has 38 heavy (non-hydrogen) atoms. The Morgan fingerprint density at radius 2 is 1.79 bits per heavy atom. The summed E-state index contributed by atoms with van der Waals surface area (Å²) in [4.78, 5) is 50.8. The van der Waals surface area contributed by atoms with Crippen LogP contribution in [0.1, 0.15) is 21.5 Å². The molecule has 0 spiro atoms. The Morgan fingerprint density at radius 1 is 1.00 bits per heavy atom. The lowest BCUT2D eigenvalue weighted by molar-refractivity contribution is -0.127. The zero-order valence-electron chi connectivity index (χ0n) is 19.9. The van der Waals surface area contributed by atoms with Crippen molar-refractivity contribution in [2.24, 2.45) is 0 Å². The zero-order valence-corrected chi connectivity index (χ0v) is 22.2. The summed E-state index contributed by atoms with van der Waals surface area (Å²) in [5, 5.41) is 2.73. The van der Waals surface area contributed by atoms with E-state index in [0.29, 0.717) is 16.3 Å². The SMILES string of the molecule is COC(=O)c1cc(NC(=O)CN2C(=O)S/C(=C/c3cccc(OCc4ccccc4Cl)c3)C2=O)ccc1Cl. The second kappa shape index (κ2) is 12.2. The minimum atomic E-state index is -0.666. The van der Waals surface area contributed by atoms with Gasteiger partial charge < -0.3 is 14.8 Å². The predicted molar refractivity (Wildman–Crippen MR) is 146 cm³/mol. The molecule has 1 saturated heterocycles. The number of nitrogens with one attached hydrogen (secondary N) is 1. The summed E-state index contributed by atoms with van der Waals surface area (Å²) in [5.74, 6) is -1.32. The van der Waals surface area contributed by atoms with E-state index in [4.69, 9.17) is 27.9 Å². The summed E-state index contributed by atoms with van der Waals surface area (Å²) < 4.78 is 10.5. The molecule has 194 valence electrons. The van der Waals surface area contributed by atoms with Gasteiger partial charge in [-0.05, 0) is 59.8 Å². The Labute approximate surface area is 232 Å². The van der Waals surface area contributed by atoms with Crippen molar-refractivity contribution in [3.63, 3.8) is 0 Å². The highest BCUT2D eigenvalue weighted by Gasteiger charge is 2.36. The van der Waals surface area contributed by atoms with Gasteiger partial charge in [0.2, 0.25) is 5.91 Å². The van der Waals surface area contributed by atoms with Gasteiger partial charge in [-0.25, -0.2) is 4.79 Å². The van der Waals surface area contributed by atoms with Crippen LogP contribution in [0.2, 0.25) is 10.0 Å². The smallest absolute Gasteiger partial charge is 0.339 e. The maximum Gasteiger partial charge on any atom is 0.339 e. The van der Waals surface area contributed by atoms with Gasteiger partial charge in [-0.3, -0.25) is 19.3 Å². The van der Waals surface area contributed by atoms with E-state index in [1.807, 2.05) is 18.2 Å². The van der Waals surface area contributed by atoms with Crippen molar-refractivity contribution in [3.8, 4) is 5.75 Å². The van der Waals surface area contributed by atoms with Gasteiger partial charge in [-0.2, -0.15) is 0 Å². The number of anilines is 1. The lowest BCUT2D eigenvalue weighted by Gasteiger charge is -2.13. The van der Waals surface area contributed by atoms with Crippen molar-refractivity contribution in [1.29, 1.82) is 0 Å². The highest BCUT2D eigenvalue weighted by Crippen LogP contribution is 2.33. The van der Waals surface area contributed by atoms with Crippen LogP contribution >= 0.6 is 35.0 Å². The van der Waals surface area contributed by atoms with Gasteiger partial charge in [-0.15, -0.1) is 0 Å². The Bertz CT molecular complexity index is 1460. The number of carbonyl (C=O) groups excluding carboxylic acids is 4. The maximum absolute atomic E-state index is 12.9. The number of esters is 1. The van der Waals surface area contributed by atoms with Gasteiger partial charge in [0.25, 0.3) is 11.1 Å². The molecule has 1 aliphatic rings. The molecule has 0 unspecified atom stereocenters. The van der Waals surface area contributed by atoms with Crippen LogP contribution in [-0.2, 0) is 20.9 Å². The van der Waals surface area contributed by atoms with Crippen LogP contribution in [0.5, 0.6) is 5.75 Å². The van der Waals surface area contributed by atoms with Crippen molar-refractivity contribution in [3.05, 3.63) is 98.4 Å². The number of imide groups is 1. The highest BCUT2D eigenvalue weighted by molar-refractivity contribution is 8.18.